The average Bonchev–Trinajstić information content (AvgIpc) is 3.21. The first kappa shape index (κ1) is 16.4. The monoisotopic (exact) mass is 356 g/mol. The van der Waals surface area contributed by atoms with Crippen molar-refractivity contribution in [2.45, 2.75) is 11.7 Å². The molecule has 7 heteroatoms. The van der Waals surface area contributed by atoms with E-state index in [4.69, 9.17) is 20.5 Å². The molecule has 0 aromatic heterocycles. The second-order valence-electron chi connectivity index (χ2n) is 5.36. The number of benzene rings is 2. The van der Waals surface area contributed by atoms with Crippen LogP contribution in [0.1, 0.15) is 17.2 Å². The van der Waals surface area contributed by atoms with Crippen molar-refractivity contribution < 1.29 is 21.7 Å². The van der Waals surface area contributed by atoms with Crippen LogP contribution in [0.4, 0.5) is 4.39 Å². The Kier molecular flexibility index (Phi) is 4.18. The highest BCUT2D eigenvalue weighted by molar-refractivity contribution is 7.85. The molecule has 1 fully saturated rings. The molecule has 1 heterocycles. The van der Waals surface area contributed by atoms with Crippen molar-refractivity contribution >= 4 is 21.7 Å². The zero-order valence-corrected chi connectivity index (χ0v) is 13.8. The van der Waals surface area contributed by atoms with Crippen molar-refractivity contribution in [1.29, 1.82) is 0 Å². The zero-order chi connectivity index (χ0) is 16.7. The summed E-state index contributed by atoms with van der Waals surface area (Å²) in [6, 6.07) is 13.1. The Morgan fingerprint density at radius 3 is 2.52 bits per heavy atom. The Balaban J connectivity index is 2.01. The molecule has 0 spiro atoms. The van der Waals surface area contributed by atoms with Gasteiger partial charge in [0.1, 0.15) is 18.5 Å². The molecule has 23 heavy (non-hydrogen) atoms. The molecule has 2 unspecified atom stereocenters. The van der Waals surface area contributed by atoms with E-state index in [9.17, 15) is 12.8 Å². The summed E-state index contributed by atoms with van der Waals surface area (Å²) >= 11 is 6.17. The molecule has 0 bridgehead atoms. The summed E-state index contributed by atoms with van der Waals surface area (Å²) in [5.41, 5.74) is -0.303. The number of rotatable bonds is 5. The van der Waals surface area contributed by atoms with Crippen molar-refractivity contribution in [3.63, 3.8) is 0 Å². The molecular weight excluding hydrogens is 343 g/mol. The van der Waals surface area contributed by atoms with Gasteiger partial charge in [0.05, 0.1) is 6.26 Å². The minimum absolute atomic E-state index is 0.244. The predicted octanol–water partition coefficient (Wildman–Crippen LogP) is 3.42. The van der Waals surface area contributed by atoms with Crippen LogP contribution in [-0.2, 0) is 24.6 Å². The standard InChI is InChI=1S/C16H14ClFO4S/c1-23(19,20)21-10-16(12-7-3-5-9-14(12)18)15(22-16)11-6-2-4-8-13(11)17/h2-9,15H,10H2,1H3. The van der Waals surface area contributed by atoms with Crippen LogP contribution >= 0.6 is 11.6 Å². The van der Waals surface area contributed by atoms with Gasteiger partial charge in [-0.25, -0.2) is 4.39 Å². The van der Waals surface area contributed by atoms with E-state index in [1.807, 2.05) is 0 Å². The molecule has 1 aliphatic heterocycles. The van der Waals surface area contributed by atoms with Gasteiger partial charge in [0, 0.05) is 16.1 Å². The Labute approximate surface area is 138 Å². The minimum atomic E-state index is -3.69. The first-order valence-electron chi connectivity index (χ1n) is 6.85. The minimum Gasteiger partial charge on any atom is -0.353 e. The third-order valence-electron chi connectivity index (χ3n) is 3.70. The van der Waals surface area contributed by atoms with Crippen molar-refractivity contribution in [3.8, 4) is 0 Å². The van der Waals surface area contributed by atoms with Crippen LogP contribution in [0.25, 0.3) is 0 Å². The summed E-state index contributed by atoms with van der Waals surface area (Å²) in [7, 11) is -3.69. The lowest BCUT2D eigenvalue weighted by atomic mass is 9.92. The molecule has 0 amide bonds. The van der Waals surface area contributed by atoms with E-state index < -0.39 is 27.6 Å². The van der Waals surface area contributed by atoms with Gasteiger partial charge < -0.3 is 4.74 Å². The van der Waals surface area contributed by atoms with Gasteiger partial charge in [-0.05, 0) is 12.1 Å². The third kappa shape index (κ3) is 3.26. The van der Waals surface area contributed by atoms with Gasteiger partial charge in [0.25, 0.3) is 10.1 Å². The van der Waals surface area contributed by atoms with Crippen LogP contribution in [0.5, 0.6) is 0 Å². The Morgan fingerprint density at radius 2 is 1.87 bits per heavy atom. The van der Waals surface area contributed by atoms with Crippen LogP contribution < -0.4 is 0 Å². The Morgan fingerprint density at radius 1 is 1.22 bits per heavy atom. The molecule has 0 aliphatic carbocycles. The van der Waals surface area contributed by atoms with Crippen LogP contribution in [0.15, 0.2) is 48.5 Å². The van der Waals surface area contributed by atoms with E-state index in [1.165, 1.54) is 6.07 Å². The maximum absolute atomic E-state index is 14.2. The smallest absolute Gasteiger partial charge is 0.264 e. The van der Waals surface area contributed by atoms with E-state index in [0.717, 1.165) is 6.26 Å². The summed E-state index contributed by atoms with van der Waals surface area (Å²) in [5.74, 6) is -0.487. The van der Waals surface area contributed by atoms with E-state index in [0.29, 0.717) is 10.6 Å². The molecule has 2 atom stereocenters. The van der Waals surface area contributed by atoms with E-state index in [-0.39, 0.29) is 12.2 Å². The highest BCUT2D eigenvalue weighted by atomic mass is 35.5. The van der Waals surface area contributed by atoms with Crippen LogP contribution in [-0.4, -0.2) is 21.3 Å². The van der Waals surface area contributed by atoms with Gasteiger partial charge in [-0.3, -0.25) is 4.18 Å². The molecule has 0 N–H and O–H groups in total. The topological polar surface area (TPSA) is 55.9 Å². The maximum atomic E-state index is 14.2. The largest absolute Gasteiger partial charge is 0.353 e. The molecule has 4 nitrogen and oxygen atoms in total. The Bertz CT molecular complexity index is 839. The average molecular weight is 357 g/mol. The third-order valence-corrected chi connectivity index (χ3v) is 4.59. The molecule has 1 aliphatic rings. The SMILES string of the molecule is CS(=O)(=O)OCC1(c2ccccc2F)OC1c1ccccc1Cl. The maximum Gasteiger partial charge on any atom is 0.264 e. The highest BCUT2D eigenvalue weighted by Crippen LogP contribution is 2.59. The van der Waals surface area contributed by atoms with E-state index in [2.05, 4.69) is 0 Å². The van der Waals surface area contributed by atoms with Crippen LogP contribution in [0, 0.1) is 5.82 Å². The predicted molar refractivity (Wildman–Crippen MR) is 84.2 cm³/mol. The lowest BCUT2D eigenvalue weighted by molar-refractivity contribution is 0.191. The van der Waals surface area contributed by atoms with Crippen LogP contribution in [0.2, 0.25) is 5.02 Å². The molecular formula is C16H14ClFO4S. The highest BCUT2D eigenvalue weighted by Gasteiger charge is 2.61. The fourth-order valence-electron chi connectivity index (χ4n) is 2.57. The quantitative estimate of drug-likeness (QED) is 0.608. The first-order valence-corrected chi connectivity index (χ1v) is 9.04. The van der Waals surface area contributed by atoms with E-state index in [1.54, 1.807) is 42.5 Å². The van der Waals surface area contributed by atoms with Crippen molar-refractivity contribution in [2.75, 3.05) is 12.9 Å². The molecule has 122 valence electrons. The first-order chi connectivity index (χ1) is 10.8. The molecule has 2 aromatic carbocycles. The Hall–Kier alpha value is -1.47. The zero-order valence-electron chi connectivity index (χ0n) is 12.2. The lowest BCUT2D eigenvalue weighted by Crippen LogP contribution is -2.22. The molecule has 2 aromatic rings. The van der Waals surface area contributed by atoms with Gasteiger partial charge in [-0.15, -0.1) is 0 Å². The van der Waals surface area contributed by atoms with Crippen molar-refractivity contribution in [2.24, 2.45) is 0 Å². The summed E-state index contributed by atoms with van der Waals surface area (Å²) in [6.45, 7) is -0.317. The number of ether oxygens (including phenoxy) is 1. The van der Waals surface area contributed by atoms with Gasteiger partial charge >= 0.3 is 0 Å². The second-order valence-corrected chi connectivity index (χ2v) is 7.41. The summed E-state index contributed by atoms with van der Waals surface area (Å²) in [4.78, 5) is 0. The molecule has 0 saturated carbocycles. The number of halogens is 2. The van der Waals surface area contributed by atoms with E-state index >= 15 is 0 Å². The van der Waals surface area contributed by atoms with Gasteiger partial charge in [0.15, 0.2) is 5.60 Å². The number of hydrogen-bond donors (Lipinski definition) is 0. The summed E-state index contributed by atoms with van der Waals surface area (Å²) in [6.07, 6.45) is 0.365. The molecule has 1 saturated heterocycles. The summed E-state index contributed by atoms with van der Waals surface area (Å²) in [5, 5.41) is 0.468. The lowest BCUT2D eigenvalue weighted by Gasteiger charge is -2.14. The second kappa shape index (κ2) is 5.87. The van der Waals surface area contributed by atoms with Gasteiger partial charge in [-0.2, -0.15) is 8.42 Å². The molecule has 0 radical (unpaired) electrons. The van der Waals surface area contributed by atoms with Crippen molar-refractivity contribution in [1.82, 2.24) is 0 Å². The number of epoxide rings is 1. The number of hydrogen-bond acceptors (Lipinski definition) is 4. The van der Waals surface area contributed by atoms with Crippen molar-refractivity contribution in [3.05, 3.63) is 70.5 Å². The van der Waals surface area contributed by atoms with Gasteiger partial charge in [-0.1, -0.05) is 48.0 Å². The summed E-state index contributed by atoms with van der Waals surface area (Å²) < 4.78 is 47.5. The fraction of sp³-hybridized carbons (Fsp3) is 0.250. The fourth-order valence-corrected chi connectivity index (χ4v) is 3.19. The van der Waals surface area contributed by atoms with Gasteiger partial charge in [0.2, 0.25) is 0 Å². The molecule has 3 rings (SSSR count). The van der Waals surface area contributed by atoms with Crippen LogP contribution in [0.3, 0.4) is 0 Å². The normalized spacial score (nSPS) is 23.7.